The zero-order valence-corrected chi connectivity index (χ0v) is 16.8. The Balaban J connectivity index is 1.60. The van der Waals surface area contributed by atoms with Gasteiger partial charge in [-0.1, -0.05) is 18.2 Å². The molecule has 0 radical (unpaired) electrons. The number of esters is 1. The molecule has 0 aliphatic carbocycles. The molecule has 1 aliphatic heterocycles. The Labute approximate surface area is 174 Å². The van der Waals surface area contributed by atoms with Gasteiger partial charge in [-0.05, 0) is 36.8 Å². The van der Waals surface area contributed by atoms with Gasteiger partial charge in [0.1, 0.15) is 11.5 Å². The number of hydrogen-bond acceptors (Lipinski definition) is 6. The van der Waals surface area contributed by atoms with Crippen molar-refractivity contribution in [2.45, 2.75) is 19.3 Å². The number of nitrogens with one attached hydrogen (secondary N) is 1. The number of carbonyl (C=O) groups is 3. The number of rotatable bonds is 9. The molecule has 0 unspecified atom stereocenters. The highest BCUT2D eigenvalue weighted by atomic mass is 16.5. The maximum absolute atomic E-state index is 12.4. The molecule has 1 aliphatic rings. The first-order chi connectivity index (χ1) is 14.6. The lowest BCUT2D eigenvalue weighted by molar-refractivity contribution is -0.141. The fraction of sp³-hybridized carbons (Fsp3) is 0.318. The van der Waals surface area contributed by atoms with Crippen molar-refractivity contribution in [1.82, 2.24) is 0 Å². The molecule has 0 fully saturated rings. The Morgan fingerprint density at radius 2 is 1.93 bits per heavy atom. The Morgan fingerprint density at radius 3 is 2.70 bits per heavy atom. The van der Waals surface area contributed by atoms with Crippen LogP contribution in [-0.4, -0.2) is 44.7 Å². The van der Waals surface area contributed by atoms with E-state index >= 15 is 0 Å². The van der Waals surface area contributed by atoms with Gasteiger partial charge in [-0.25, -0.2) is 0 Å². The van der Waals surface area contributed by atoms with Crippen molar-refractivity contribution in [2.75, 3.05) is 37.1 Å². The van der Waals surface area contributed by atoms with E-state index in [2.05, 4.69) is 10.1 Å². The molecule has 3 rings (SSSR count). The quantitative estimate of drug-likeness (QED) is 0.503. The average Bonchev–Trinajstić information content (AvgIpc) is 2.77. The number of fused-ring (bicyclic) bond motifs is 1. The number of methoxy groups -OCH3 is 1. The first-order valence-electron chi connectivity index (χ1n) is 9.68. The van der Waals surface area contributed by atoms with Gasteiger partial charge in [0.05, 0.1) is 25.8 Å². The van der Waals surface area contributed by atoms with E-state index < -0.39 is 5.97 Å². The van der Waals surface area contributed by atoms with Crippen LogP contribution in [0.4, 0.5) is 11.4 Å². The van der Waals surface area contributed by atoms with Gasteiger partial charge in [-0.3, -0.25) is 14.4 Å². The number of para-hydroxylation sites is 1. The van der Waals surface area contributed by atoms with E-state index in [0.717, 1.165) is 5.75 Å². The third kappa shape index (κ3) is 5.73. The molecular formula is C22H24N2O6. The molecule has 2 amide bonds. The predicted octanol–water partition coefficient (Wildman–Crippen LogP) is 2.77. The van der Waals surface area contributed by atoms with Crippen LogP contribution in [0.1, 0.15) is 19.3 Å². The third-order valence-corrected chi connectivity index (χ3v) is 4.51. The molecule has 158 valence electrons. The van der Waals surface area contributed by atoms with Gasteiger partial charge in [-0.2, -0.15) is 0 Å². The molecule has 1 heterocycles. The molecule has 30 heavy (non-hydrogen) atoms. The molecule has 0 atom stereocenters. The van der Waals surface area contributed by atoms with Crippen molar-refractivity contribution in [3.05, 3.63) is 48.5 Å². The number of anilines is 2. The Kier molecular flexibility index (Phi) is 7.26. The molecule has 0 aromatic heterocycles. The number of ether oxygens (including phenoxy) is 3. The van der Waals surface area contributed by atoms with E-state index in [1.165, 1.54) is 7.11 Å². The molecule has 0 saturated carbocycles. The van der Waals surface area contributed by atoms with Crippen LogP contribution in [0.2, 0.25) is 0 Å². The normalized spacial score (nSPS) is 12.6. The maximum atomic E-state index is 12.4. The van der Waals surface area contributed by atoms with Gasteiger partial charge in [-0.15, -0.1) is 0 Å². The monoisotopic (exact) mass is 412 g/mol. The van der Waals surface area contributed by atoms with Crippen LogP contribution in [0.5, 0.6) is 11.5 Å². The Morgan fingerprint density at radius 1 is 1.13 bits per heavy atom. The topological polar surface area (TPSA) is 94.2 Å². The second-order valence-corrected chi connectivity index (χ2v) is 6.66. The minimum absolute atomic E-state index is 0.00239. The number of amides is 2. The number of benzene rings is 2. The summed E-state index contributed by atoms with van der Waals surface area (Å²) in [6.45, 7) is 0.896. The standard InChI is InChI=1S/C22H24N2O6/c1-28-22(27)11-10-20(25)23-16-8-9-19-18(14-16)24(21(26)15-30-19)12-5-13-29-17-6-3-2-4-7-17/h2-4,6-9,14H,5,10-13,15H2,1H3,(H,23,25). The van der Waals surface area contributed by atoms with Crippen LogP contribution in [-0.2, 0) is 19.1 Å². The minimum atomic E-state index is -0.446. The summed E-state index contributed by atoms with van der Waals surface area (Å²) in [7, 11) is 1.28. The van der Waals surface area contributed by atoms with Crippen molar-refractivity contribution in [1.29, 1.82) is 0 Å². The second-order valence-electron chi connectivity index (χ2n) is 6.66. The molecule has 0 bridgehead atoms. The van der Waals surface area contributed by atoms with Crippen molar-refractivity contribution >= 4 is 29.2 Å². The van der Waals surface area contributed by atoms with Gasteiger partial charge in [0.2, 0.25) is 5.91 Å². The molecule has 0 spiro atoms. The van der Waals surface area contributed by atoms with Crippen LogP contribution in [0.3, 0.4) is 0 Å². The molecular weight excluding hydrogens is 388 g/mol. The van der Waals surface area contributed by atoms with E-state index in [0.29, 0.717) is 36.7 Å². The lowest BCUT2D eigenvalue weighted by atomic mass is 10.2. The lowest BCUT2D eigenvalue weighted by Crippen LogP contribution is -2.39. The van der Waals surface area contributed by atoms with Crippen molar-refractivity contribution in [3.63, 3.8) is 0 Å². The third-order valence-electron chi connectivity index (χ3n) is 4.51. The van der Waals surface area contributed by atoms with Crippen LogP contribution >= 0.6 is 0 Å². The van der Waals surface area contributed by atoms with Crippen molar-refractivity contribution < 1.29 is 28.6 Å². The molecule has 8 heteroatoms. The summed E-state index contributed by atoms with van der Waals surface area (Å²) in [5, 5.41) is 2.73. The van der Waals surface area contributed by atoms with Gasteiger partial charge in [0.15, 0.2) is 6.61 Å². The van der Waals surface area contributed by atoms with Gasteiger partial charge >= 0.3 is 5.97 Å². The second kappa shape index (κ2) is 10.3. The van der Waals surface area contributed by atoms with Crippen LogP contribution in [0, 0.1) is 0 Å². The summed E-state index contributed by atoms with van der Waals surface area (Å²) < 4.78 is 15.7. The first kappa shape index (κ1) is 21.2. The predicted molar refractivity (Wildman–Crippen MR) is 111 cm³/mol. The smallest absolute Gasteiger partial charge is 0.306 e. The molecule has 8 nitrogen and oxygen atoms in total. The number of nitrogens with zero attached hydrogens (tertiary/aromatic N) is 1. The molecule has 2 aromatic rings. The van der Waals surface area contributed by atoms with E-state index in [4.69, 9.17) is 9.47 Å². The zero-order chi connectivity index (χ0) is 21.3. The molecule has 1 N–H and O–H groups in total. The zero-order valence-electron chi connectivity index (χ0n) is 16.8. The summed E-state index contributed by atoms with van der Waals surface area (Å²) in [5.41, 5.74) is 1.11. The van der Waals surface area contributed by atoms with Crippen LogP contribution in [0.15, 0.2) is 48.5 Å². The summed E-state index contributed by atoms with van der Waals surface area (Å²) >= 11 is 0. The summed E-state index contributed by atoms with van der Waals surface area (Å²) in [6.07, 6.45) is 0.651. The van der Waals surface area contributed by atoms with E-state index in [9.17, 15) is 14.4 Å². The summed E-state index contributed by atoms with van der Waals surface area (Å²) in [4.78, 5) is 37.2. The van der Waals surface area contributed by atoms with E-state index in [-0.39, 0.29) is 31.3 Å². The minimum Gasteiger partial charge on any atom is -0.494 e. The number of hydrogen-bond donors (Lipinski definition) is 1. The first-order valence-corrected chi connectivity index (χ1v) is 9.68. The largest absolute Gasteiger partial charge is 0.494 e. The van der Waals surface area contributed by atoms with Gasteiger partial charge in [0, 0.05) is 18.7 Å². The highest BCUT2D eigenvalue weighted by Crippen LogP contribution is 2.34. The fourth-order valence-corrected chi connectivity index (χ4v) is 3.00. The SMILES string of the molecule is COC(=O)CCC(=O)Nc1ccc2c(c1)N(CCCOc1ccccc1)C(=O)CO2. The fourth-order valence-electron chi connectivity index (χ4n) is 3.00. The molecule has 0 saturated heterocycles. The number of carbonyl (C=O) groups excluding carboxylic acids is 3. The van der Waals surface area contributed by atoms with E-state index in [1.807, 2.05) is 30.3 Å². The van der Waals surface area contributed by atoms with Gasteiger partial charge in [0.25, 0.3) is 5.91 Å². The molecule has 2 aromatic carbocycles. The van der Waals surface area contributed by atoms with Gasteiger partial charge < -0.3 is 24.4 Å². The van der Waals surface area contributed by atoms with Crippen LogP contribution < -0.4 is 19.7 Å². The highest BCUT2D eigenvalue weighted by molar-refractivity contribution is 5.99. The van der Waals surface area contributed by atoms with E-state index in [1.54, 1.807) is 23.1 Å². The highest BCUT2D eigenvalue weighted by Gasteiger charge is 2.25. The Bertz CT molecular complexity index is 900. The summed E-state index contributed by atoms with van der Waals surface area (Å²) in [6, 6.07) is 14.6. The Hall–Kier alpha value is -3.55. The van der Waals surface area contributed by atoms with Crippen molar-refractivity contribution in [2.24, 2.45) is 0 Å². The van der Waals surface area contributed by atoms with Crippen molar-refractivity contribution in [3.8, 4) is 11.5 Å². The summed E-state index contributed by atoms with van der Waals surface area (Å²) in [5.74, 6) is 0.440. The lowest BCUT2D eigenvalue weighted by Gasteiger charge is -2.30. The average molecular weight is 412 g/mol. The maximum Gasteiger partial charge on any atom is 0.306 e. The van der Waals surface area contributed by atoms with Crippen LogP contribution in [0.25, 0.3) is 0 Å².